The van der Waals surface area contributed by atoms with E-state index in [0.29, 0.717) is 11.7 Å². The highest BCUT2D eigenvalue weighted by atomic mass is 35.5. The predicted octanol–water partition coefficient (Wildman–Crippen LogP) is 4.45. The van der Waals surface area contributed by atoms with Gasteiger partial charge in [0.1, 0.15) is 5.78 Å². The molecule has 0 aliphatic heterocycles. The van der Waals surface area contributed by atoms with Crippen LogP contribution in [0, 0.1) is 11.3 Å². The Morgan fingerprint density at radius 3 is 2.18 bits per heavy atom. The number of carbonyl (C=O) groups is 1. The number of carbonyl (C=O) groups excluding carboxylic acids is 1. The maximum Gasteiger partial charge on any atom is 0.143 e. The van der Waals surface area contributed by atoms with Crippen LogP contribution in [0.3, 0.4) is 0 Å². The summed E-state index contributed by atoms with van der Waals surface area (Å²) in [6.07, 6.45) is 1.86. The molecular formula is C15H19ClO. The zero-order valence-corrected chi connectivity index (χ0v) is 11.4. The Bertz CT molecular complexity index is 417. The lowest BCUT2D eigenvalue weighted by molar-refractivity contribution is -0.150. The third-order valence-electron chi connectivity index (χ3n) is 4.49. The molecule has 0 aromatic heterocycles. The Morgan fingerprint density at radius 1 is 1.18 bits per heavy atom. The van der Waals surface area contributed by atoms with E-state index in [0.717, 1.165) is 17.9 Å². The fourth-order valence-electron chi connectivity index (χ4n) is 3.46. The molecule has 1 nitrogen and oxygen atoms in total. The van der Waals surface area contributed by atoms with Crippen molar-refractivity contribution in [3.8, 4) is 0 Å². The number of ketones is 1. The van der Waals surface area contributed by atoms with Gasteiger partial charge in [-0.05, 0) is 30.5 Å². The summed E-state index contributed by atoms with van der Waals surface area (Å²) < 4.78 is 0. The molecule has 2 heteroatoms. The van der Waals surface area contributed by atoms with Crippen molar-refractivity contribution in [3.05, 3.63) is 34.9 Å². The van der Waals surface area contributed by atoms with E-state index in [2.05, 4.69) is 26.0 Å². The van der Waals surface area contributed by atoms with Crippen molar-refractivity contribution in [1.29, 1.82) is 0 Å². The summed E-state index contributed by atoms with van der Waals surface area (Å²) in [4.78, 5) is 12.2. The summed E-state index contributed by atoms with van der Waals surface area (Å²) in [5.74, 6) is 0.945. The summed E-state index contributed by atoms with van der Waals surface area (Å²) in [7, 11) is 0. The number of halogens is 1. The van der Waals surface area contributed by atoms with E-state index in [1.54, 1.807) is 0 Å². The maximum absolute atomic E-state index is 12.2. The SMILES string of the molecule is CCC1(CC)C(=O)C(C)C1c1ccc(Cl)cc1. The summed E-state index contributed by atoms with van der Waals surface area (Å²) in [6.45, 7) is 6.29. The molecule has 0 N–H and O–H groups in total. The van der Waals surface area contributed by atoms with Crippen LogP contribution in [-0.4, -0.2) is 5.78 Å². The molecule has 17 heavy (non-hydrogen) atoms. The largest absolute Gasteiger partial charge is 0.299 e. The van der Waals surface area contributed by atoms with Gasteiger partial charge in [0, 0.05) is 22.3 Å². The van der Waals surface area contributed by atoms with Crippen molar-refractivity contribution in [2.45, 2.75) is 39.5 Å². The van der Waals surface area contributed by atoms with Gasteiger partial charge in [-0.25, -0.2) is 0 Å². The minimum atomic E-state index is -0.132. The van der Waals surface area contributed by atoms with Crippen molar-refractivity contribution in [2.24, 2.45) is 11.3 Å². The van der Waals surface area contributed by atoms with Gasteiger partial charge in [-0.15, -0.1) is 0 Å². The van der Waals surface area contributed by atoms with E-state index < -0.39 is 0 Å². The van der Waals surface area contributed by atoms with Crippen LogP contribution in [0.1, 0.15) is 45.1 Å². The first kappa shape index (κ1) is 12.6. The van der Waals surface area contributed by atoms with Crippen LogP contribution in [0.2, 0.25) is 5.02 Å². The fraction of sp³-hybridized carbons (Fsp3) is 0.533. The van der Waals surface area contributed by atoms with Gasteiger partial charge < -0.3 is 0 Å². The molecule has 2 rings (SSSR count). The molecule has 2 unspecified atom stereocenters. The standard InChI is InChI=1S/C15H19ClO/c1-4-15(5-2)13(10(3)14(15)17)11-6-8-12(16)9-7-11/h6-10,13H,4-5H2,1-3H3. The normalized spacial score (nSPS) is 26.7. The highest BCUT2D eigenvalue weighted by molar-refractivity contribution is 6.30. The van der Waals surface area contributed by atoms with Gasteiger partial charge in [0.25, 0.3) is 0 Å². The molecular weight excluding hydrogens is 232 g/mol. The second-order valence-electron chi connectivity index (χ2n) is 5.05. The highest BCUT2D eigenvalue weighted by Crippen LogP contribution is 2.57. The molecule has 1 saturated carbocycles. The molecule has 0 heterocycles. The molecule has 0 bridgehead atoms. The topological polar surface area (TPSA) is 17.1 Å². The zero-order chi connectivity index (χ0) is 12.6. The Morgan fingerprint density at radius 2 is 1.71 bits per heavy atom. The minimum Gasteiger partial charge on any atom is -0.299 e. The number of benzene rings is 1. The smallest absolute Gasteiger partial charge is 0.143 e. The van der Waals surface area contributed by atoms with Crippen LogP contribution in [0.15, 0.2) is 24.3 Å². The van der Waals surface area contributed by atoms with Crippen LogP contribution in [0.4, 0.5) is 0 Å². The van der Waals surface area contributed by atoms with Crippen molar-refractivity contribution in [2.75, 3.05) is 0 Å². The van der Waals surface area contributed by atoms with E-state index in [9.17, 15) is 4.79 Å². The number of rotatable bonds is 3. The van der Waals surface area contributed by atoms with E-state index in [-0.39, 0.29) is 11.3 Å². The molecule has 0 spiro atoms. The first-order valence-electron chi connectivity index (χ1n) is 6.36. The summed E-state index contributed by atoms with van der Waals surface area (Å²) >= 11 is 5.91. The molecule has 2 atom stereocenters. The second kappa shape index (κ2) is 4.45. The molecule has 0 radical (unpaired) electrons. The Labute approximate surface area is 108 Å². The van der Waals surface area contributed by atoms with Gasteiger partial charge in [0.05, 0.1) is 0 Å². The van der Waals surface area contributed by atoms with Crippen molar-refractivity contribution in [1.82, 2.24) is 0 Å². The van der Waals surface area contributed by atoms with Gasteiger partial charge in [-0.1, -0.05) is 44.5 Å². The molecule has 1 aliphatic carbocycles. The average Bonchev–Trinajstić information content (AvgIpc) is 2.36. The van der Waals surface area contributed by atoms with Crippen LogP contribution in [-0.2, 0) is 4.79 Å². The van der Waals surface area contributed by atoms with Gasteiger partial charge in [0.2, 0.25) is 0 Å². The van der Waals surface area contributed by atoms with E-state index >= 15 is 0 Å². The molecule has 1 aromatic carbocycles. The fourth-order valence-corrected chi connectivity index (χ4v) is 3.58. The van der Waals surface area contributed by atoms with Gasteiger partial charge in [-0.2, -0.15) is 0 Å². The summed E-state index contributed by atoms with van der Waals surface area (Å²) in [5.41, 5.74) is 1.12. The van der Waals surface area contributed by atoms with Crippen molar-refractivity contribution >= 4 is 17.4 Å². The third-order valence-corrected chi connectivity index (χ3v) is 4.74. The quantitative estimate of drug-likeness (QED) is 0.775. The Hall–Kier alpha value is -0.820. The number of hydrogen-bond acceptors (Lipinski definition) is 1. The number of hydrogen-bond donors (Lipinski definition) is 0. The van der Waals surface area contributed by atoms with Crippen molar-refractivity contribution in [3.63, 3.8) is 0 Å². The lowest BCUT2D eigenvalue weighted by atomic mass is 9.49. The van der Waals surface area contributed by atoms with Crippen LogP contribution < -0.4 is 0 Å². The number of Topliss-reactive ketones (excluding diaryl/α,β-unsaturated/α-hetero) is 1. The molecule has 1 aromatic rings. The molecule has 1 aliphatic rings. The van der Waals surface area contributed by atoms with Crippen LogP contribution >= 0.6 is 11.6 Å². The van der Waals surface area contributed by atoms with Gasteiger partial charge >= 0.3 is 0 Å². The lowest BCUT2D eigenvalue weighted by Crippen LogP contribution is -2.54. The van der Waals surface area contributed by atoms with E-state index in [1.165, 1.54) is 5.56 Å². The third kappa shape index (κ3) is 1.72. The van der Waals surface area contributed by atoms with E-state index in [1.807, 2.05) is 19.1 Å². The maximum atomic E-state index is 12.2. The zero-order valence-electron chi connectivity index (χ0n) is 10.7. The van der Waals surface area contributed by atoms with Crippen LogP contribution in [0.5, 0.6) is 0 Å². The average molecular weight is 251 g/mol. The predicted molar refractivity (Wildman–Crippen MR) is 71.4 cm³/mol. The molecule has 1 fully saturated rings. The van der Waals surface area contributed by atoms with Gasteiger partial charge in [0.15, 0.2) is 0 Å². The molecule has 0 amide bonds. The summed E-state index contributed by atoms with van der Waals surface area (Å²) in [5, 5.41) is 0.755. The van der Waals surface area contributed by atoms with Gasteiger partial charge in [-0.3, -0.25) is 4.79 Å². The highest BCUT2D eigenvalue weighted by Gasteiger charge is 2.57. The first-order valence-corrected chi connectivity index (χ1v) is 6.74. The molecule has 0 saturated heterocycles. The second-order valence-corrected chi connectivity index (χ2v) is 5.48. The Kier molecular flexibility index (Phi) is 3.31. The molecule has 92 valence electrons. The van der Waals surface area contributed by atoms with Crippen LogP contribution in [0.25, 0.3) is 0 Å². The lowest BCUT2D eigenvalue weighted by Gasteiger charge is -2.52. The first-order chi connectivity index (χ1) is 8.06. The van der Waals surface area contributed by atoms with E-state index in [4.69, 9.17) is 11.6 Å². The monoisotopic (exact) mass is 250 g/mol. The van der Waals surface area contributed by atoms with Crippen molar-refractivity contribution < 1.29 is 4.79 Å². The minimum absolute atomic E-state index is 0.132. The Balaban J connectivity index is 2.37. The summed E-state index contributed by atoms with van der Waals surface area (Å²) in [6, 6.07) is 7.97.